The number of benzene rings is 2. The van der Waals surface area contributed by atoms with E-state index in [0.717, 1.165) is 11.3 Å². The first-order valence-corrected chi connectivity index (χ1v) is 7.30. The average Bonchev–Trinajstić information content (AvgIpc) is 2.49. The standard InChI is InChI=1S/C18H20FNO2/c1-13-5-9-16(10-6-13)22-11-3-4-18(21)20-17-12-15(19)8-7-14(17)2/h5-10,12H,3-4,11H2,1-2H3,(H,20,21). The van der Waals surface area contributed by atoms with E-state index in [-0.39, 0.29) is 11.7 Å². The summed E-state index contributed by atoms with van der Waals surface area (Å²) in [6.07, 6.45) is 0.940. The van der Waals surface area contributed by atoms with E-state index in [2.05, 4.69) is 5.32 Å². The largest absolute Gasteiger partial charge is 0.494 e. The fourth-order valence-electron chi connectivity index (χ4n) is 2.00. The Morgan fingerprint density at radius 3 is 2.59 bits per heavy atom. The smallest absolute Gasteiger partial charge is 0.224 e. The molecular formula is C18H20FNO2. The molecule has 0 aliphatic rings. The van der Waals surface area contributed by atoms with Gasteiger partial charge in [-0.05, 0) is 50.1 Å². The molecule has 0 aliphatic carbocycles. The zero-order valence-electron chi connectivity index (χ0n) is 12.9. The maximum Gasteiger partial charge on any atom is 0.224 e. The molecule has 3 nitrogen and oxygen atoms in total. The van der Waals surface area contributed by atoms with Crippen LogP contribution in [-0.4, -0.2) is 12.5 Å². The van der Waals surface area contributed by atoms with Gasteiger partial charge in [0.1, 0.15) is 11.6 Å². The normalized spacial score (nSPS) is 10.3. The van der Waals surface area contributed by atoms with E-state index in [0.29, 0.717) is 25.1 Å². The molecule has 1 amide bonds. The minimum absolute atomic E-state index is 0.138. The summed E-state index contributed by atoms with van der Waals surface area (Å²) >= 11 is 0. The van der Waals surface area contributed by atoms with Crippen LogP contribution >= 0.6 is 0 Å². The van der Waals surface area contributed by atoms with Gasteiger partial charge in [-0.1, -0.05) is 23.8 Å². The minimum atomic E-state index is -0.358. The van der Waals surface area contributed by atoms with E-state index in [4.69, 9.17) is 4.74 Å². The van der Waals surface area contributed by atoms with E-state index in [9.17, 15) is 9.18 Å². The predicted octanol–water partition coefficient (Wildman–Crippen LogP) is 4.24. The van der Waals surface area contributed by atoms with Gasteiger partial charge in [0.05, 0.1) is 6.61 Å². The van der Waals surface area contributed by atoms with E-state index in [1.807, 2.05) is 38.1 Å². The number of anilines is 1. The Kier molecular flexibility index (Phi) is 5.53. The van der Waals surface area contributed by atoms with Gasteiger partial charge in [-0.25, -0.2) is 4.39 Å². The van der Waals surface area contributed by atoms with Crippen LogP contribution in [0.4, 0.5) is 10.1 Å². The summed E-state index contributed by atoms with van der Waals surface area (Å²) in [5.41, 5.74) is 2.53. The molecule has 2 aromatic carbocycles. The number of carbonyl (C=O) groups is 1. The summed E-state index contributed by atoms with van der Waals surface area (Å²) < 4.78 is 18.7. The fraction of sp³-hybridized carbons (Fsp3) is 0.278. The summed E-state index contributed by atoms with van der Waals surface area (Å²) in [7, 11) is 0. The van der Waals surface area contributed by atoms with Crippen LogP contribution in [0, 0.1) is 19.7 Å². The second kappa shape index (κ2) is 7.59. The van der Waals surface area contributed by atoms with Crippen LogP contribution in [0.5, 0.6) is 5.75 Å². The number of hydrogen-bond acceptors (Lipinski definition) is 2. The van der Waals surface area contributed by atoms with E-state index < -0.39 is 0 Å². The van der Waals surface area contributed by atoms with Gasteiger partial charge in [-0.2, -0.15) is 0 Å². The van der Waals surface area contributed by atoms with Crippen LogP contribution < -0.4 is 10.1 Å². The minimum Gasteiger partial charge on any atom is -0.494 e. The van der Waals surface area contributed by atoms with Crippen molar-refractivity contribution in [2.24, 2.45) is 0 Å². The lowest BCUT2D eigenvalue weighted by Crippen LogP contribution is -2.13. The van der Waals surface area contributed by atoms with Crippen molar-refractivity contribution in [2.75, 3.05) is 11.9 Å². The molecule has 0 aliphatic heterocycles. The molecule has 2 rings (SSSR count). The second-order valence-electron chi connectivity index (χ2n) is 5.27. The number of carbonyl (C=O) groups excluding carboxylic acids is 1. The highest BCUT2D eigenvalue weighted by molar-refractivity contribution is 5.91. The van der Waals surface area contributed by atoms with E-state index in [1.54, 1.807) is 6.07 Å². The fourth-order valence-corrected chi connectivity index (χ4v) is 2.00. The maximum atomic E-state index is 13.1. The van der Waals surface area contributed by atoms with Crippen molar-refractivity contribution in [3.63, 3.8) is 0 Å². The molecule has 116 valence electrons. The molecule has 0 spiro atoms. The van der Waals surface area contributed by atoms with Crippen LogP contribution in [0.15, 0.2) is 42.5 Å². The summed E-state index contributed by atoms with van der Waals surface area (Å²) in [6, 6.07) is 12.1. The van der Waals surface area contributed by atoms with Crippen molar-refractivity contribution >= 4 is 11.6 Å². The number of hydrogen-bond donors (Lipinski definition) is 1. The summed E-state index contributed by atoms with van der Waals surface area (Å²) in [4.78, 5) is 11.8. The lowest BCUT2D eigenvalue weighted by Gasteiger charge is -2.09. The third-order valence-electron chi connectivity index (χ3n) is 3.31. The quantitative estimate of drug-likeness (QED) is 0.810. The molecule has 0 bridgehead atoms. The van der Waals surface area contributed by atoms with Crippen molar-refractivity contribution in [3.05, 3.63) is 59.4 Å². The number of amides is 1. The van der Waals surface area contributed by atoms with Crippen molar-refractivity contribution in [3.8, 4) is 5.75 Å². The Balaban J connectivity index is 1.74. The summed E-state index contributed by atoms with van der Waals surface area (Å²) in [5, 5.41) is 2.72. The first kappa shape index (κ1) is 16.0. The molecule has 0 unspecified atom stereocenters. The SMILES string of the molecule is Cc1ccc(OCCCC(=O)Nc2cc(F)ccc2C)cc1. The molecule has 0 radical (unpaired) electrons. The molecule has 22 heavy (non-hydrogen) atoms. The van der Waals surface area contributed by atoms with Crippen LogP contribution in [0.25, 0.3) is 0 Å². The molecule has 0 fully saturated rings. The van der Waals surface area contributed by atoms with Crippen LogP contribution in [0.1, 0.15) is 24.0 Å². The Hall–Kier alpha value is -2.36. The second-order valence-corrected chi connectivity index (χ2v) is 5.27. The first-order chi connectivity index (χ1) is 10.5. The zero-order valence-corrected chi connectivity index (χ0v) is 12.9. The third kappa shape index (κ3) is 4.88. The molecular weight excluding hydrogens is 281 g/mol. The van der Waals surface area contributed by atoms with Crippen molar-refractivity contribution in [2.45, 2.75) is 26.7 Å². The van der Waals surface area contributed by atoms with Crippen LogP contribution in [-0.2, 0) is 4.79 Å². The van der Waals surface area contributed by atoms with Gasteiger partial charge in [-0.3, -0.25) is 4.79 Å². The molecule has 1 N–H and O–H groups in total. The average molecular weight is 301 g/mol. The monoisotopic (exact) mass is 301 g/mol. The van der Waals surface area contributed by atoms with Crippen molar-refractivity contribution < 1.29 is 13.9 Å². The Labute approximate surface area is 130 Å². The first-order valence-electron chi connectivity index (χ1n) is 7.30. The number of nitrogens with one attached hydrogen (secondary N) is 1. The Morgan fingerprint density at radius 2 is 1.86 bits per heavy atom. The van der Waals surface area contributed by atoms with Crippen molar-refractivity contribution in [1.29, 1.82) is 0 Å². The molecule has 0 aromatic heterocycles. The molecule has 0 atom stereocenters. The molecule has 2 aromatic rings. The van der Waals surface area contributed by atoms with Gasteiger partial charge in [-0.15, -0.1) is 0 Å². The third-order valence-corrected chi connectivity index (χ3v) is 3.31. The molecule has 4 heteroatoms. The Bertz CT molecular complexity index is 638. The number of rotatable bonds is 6. The zero-order chi connectivity index (χ0) is 15.9. The van der Waals surface area contributed by atoms with E-state index in [1.165, 1.54) is 17.7 Å². The number of halogens is 1. The molecule has 0 saturated heterocycles. The lowest BCUT2D eigenvalue weighted by atomic mass is 10.2. The highest BCUT2D eigenvalue weighted by Gasteiger charge is 2.06. The van der Waals surface area contributed by atoms with Gasteiger partial charge in [0, 0.05) is 12.1 Å². The van der Waals surface area contributed by atoms with Gasteiger partial charge in [0.25, 0.3) is 0 Å². The van der Waals surface area contributed by atoms with Crippen LogP contribution in [0.2, 0.25) is 0 Å². The van der Waals surface area contributed by atoms with Gasteiger partial charge in [0.2, 0.25) is 5.91 Å². The molecule has 0 saturated carbocycles. The number of ether oxygens (including phenoxy) is 1. The number of aryl methyl sites for hydroxylation is 2. The van der Waals surface area contributed by atoms with Gasteiger partial charge < -0.3 is 10.1 Å². The van der Waals surface area contributed by atoms with Gasteiger partial charge in [0.15, 0.2) is 0 Å². The summed E-state index contributed by atoms with van der Waals surface area (Å²) in [5.74, 6) is 0.303. The highest BCUT2D eigenvalue weighted by atomic mass is 19.1. The topological polar surface area (TPSA) is 38.3 Å². The summed E-state index contributed by atoms with van der Waals surface area (Å²) in [6.45, 7) is 4.32. The Morgan fingerprint density at radius 1 is 1.14 bits per heavy atom. The maximum absolute atomic E-state index is 13.1. The van der Waals surface area contributed by atoms with Crippen LogP contribution in [0.3, 0.4) is 0 Å². The van der Waals surface area contributed by atoms with Crippen molar-refractivity contribution in [1.82, 2.24) is 0 Å². The predicted molar refractivity (Wildman–Crippen MR) is 85.7 cm³/mol. The van der Waals surface area contributed by atoms with Gasteiger partial charge >= 0.3 is 0 Å². The van der Waals surface area contributed by atoms with E-state index >= 15 is 0 Å². The molecule has 0 heterocycles. The highest BCUT2D eigenvalue weighted by Crippen LogP contribution is 2.16. The lowest BCUT2D eigenvalue weighted by molar-refractivity contribution is -0.116.